The summed E-state index contributed by atoms with van der Waals surface area (Å²) in [4.78, 5) is 29.7. The molecule has 4 rings (SSSR count). The highest BCUT2D eigenvalue weighted by atomic mass is 16.2. The summed E-state index contributed by atoms with van der Waals surface area (Å²) in [6.45, 7) is 1.79. The number of aromatic nitrogens is 1. The molecule has 0 bridgehead atoms. The topological polar surface area (TPSA) is 57.6 Å². The van der Waals surface area contributed by atoms with Gasteiger partial charge >= 0.3 is 0 Å². The number of carbonyl (C=O) groups excluding carboxylic acids is 2. The second-order valence-corrected chi connectivity index (χ2v) is 8.84. The molecule has 2 aromatic carbocycles. The van der Waals surface area contributed by atoms with Crippen LogP contribution in [0.5, 0.6) is 0 Å². The van der Waals surface area contributed by atoms with Crippen LogP contribution in [0.1, 0.15) is 35.2 Å². The molecule has 0 atom stereocenters. The Labute approximate surface area is 189 Å². The molecule has 2 amide bonds. The van der Waals surface area contributed by atoms with Crippen molar-refractivity contribution in [1.29, 1.82) is 0 Å². The van der Waals surface area contributed by atoms with Crippen LogP contribution >= 0.6 is 0 Å². The molecule has 1 aliphatic rings. The predicted molar refractivity (Wildman–Crippen MR) is 127 cm³/mol. The minimum Gasteiger partial charge on any atom is -0.352 e. The number of nitrogens with one attached hydrogen (secondary N) is 1. The average Bonchev–Trinajstić information content (AvgIpc) is 3.20. The Morgan fingerprint density at radius 1 is 1.00 bits per heavy atom. The number of carbonyl (C=O) groups is 2. The summed E-state index contributed by atoms with van der Waals surface area (Å²) in [7, 11) is 6.20. The van der Waals surface area contributed by atoms with Gasteiger partial charge in [-0.05, 0) is 50.7 Å². The molecular formula is C26H32N4O2. The standard InChI is InChI=1S/C26H32N4O2/c1-28(2)26(20-8-5-4-6-9-20)14-18-30(19-15-26)24(31)12-16-27-25(32)22-10-7-11-23-21(22)13-17-29(23)3/h4-11,13,17H,12,14-16,18-19H2,1-3H3,(H,27,32). The van der Waals surface area contributed by atoms with Crippen molar-refractivity contribution in [1.82, 2.24) is 19.7 Å². The molecular weight excluding hydrogens is 400 g/mol. The molecule has 2 heterocycles. The number of hydrogen-bond donors (Lipinski definition) is 1. The van der Waals surface area contributed by atoms with Crippen molar-refractivity contribution in [2.45, 2.75) is 24.8 Å². The number of amides is 2. The van der Waals surface area contributed by atoms with Crippen LogP contribution in [0.4, 0.5) is 0 Å². The lowest BCUT2D eigenvalue weighted by Crippen LogP contribution is -2.52. The molecule has 1 aliphatic heterocycles. The molecule has 6 heteroatoms. The van der Waals surface area contributed by atoms with Crippen LogP contribution < -0.4 is 5.32 Å². The van der Waals surface area contributed by atoms with E-state index in [-0.39, 0.29) is 17.4 Å². The highest BCUT2D eigenvalue weighted by Gasteiger charge is 2.39. The molecule has 3 aromatic rings. The maximum atomic E-state index is 12.8. The predicted octanol–water partition coefficient (Wildman–Crippen LogP) is 3.38. The first-order chi connectivity index (χ1) is 15.4. The van der Waals surface area contributed by atoms with Crippen molar-refractivity contribution < 1.29 is 9.59 Å². The number of benzene rings is 2. The molecule has 1 fully saturated rings. The van der Waals surface area contributed by atoms with Gasteiger partial charge in [-0.25, -0.2) is 0 Å². The van der Waals surface area contributed by atoms with E-state index >= 15 is 0 Å². The van der Waals surface area contributed by atoms with Gasteiger partial charge in [0, 0.05) is 61.3 Å². The summed E-state index contributed by atoms with van der Waals surface area (Å²) in [5.74, 6) is -0.0346. The van der Waals surface area contributed by atoms with E-state index in [1.165, 1.54) is 5.56 Å². The molecule has 6 nitrogen and oxygen atoms in total. The summed E-state index contributed by atoms with van der Waals surface area (Å²) in [6.07, 6.45) is 4.07. The molecule has 168 valence electrons. The zero-order valence-corrected chi connectivity index (χ0v) is 19.2. The van der Waals surface area contributed by atoms with Crippen LogP contribution in [-0.4, -0.2) is 59.9 Å². The van der Waals surface area contributed by atoms with E-state index in [0.29, 0.717) is 18.5 Å². The van der Waals surface area contributed by atoms with Gasteiger partial charge in [-0.15, -0.1) is 0 Å². The van der Waals surface area contributed by atoms with Crippen LogP contribution in [0.25, 0.3) is 10.9 Å². The van der Waals surface area contributed by atoms with Crippen LogP contribution in [0.15, 0.2) is 60.8 Å². The average molecular weight is 433 g/mol. The van der Waals surface area contributed by atoms with Gasteiger partial charge in [0.25, 0.3) is 5.91 Å². The van der Waals surface area contributed by atoms with Crippen molar-refractivity contribution in [3.05, 3.63) is 71.9 Å². The summed E-state index contributed by atoms with van der Waals surface area (Å²) in [5, 5.41) is 3.85. The van der Waals surface area contributed by atoms with Crippen molar-refractivity contribution in [2.24, 2.45) is 7.05 Å². The van der Waals surface area contributed by atoms with E-state index in [1.807, 2.05) is 53.0 Å². The zero-order valence-electron chi connectivity index (χ0n) is 19.2. The molecule has 0 unspecified atom stereocenters. The van der Waals surface area contributed by atoms with Gasteiger partial charge in [0.2, 0.25) is 5.91 Å². The summed E-state index contributed by atoms with van der Waals surface area (Å²) >= 11 is 0. The van der Waals surface area contributed by atoms with Crippen LogP contribution in [0.3, 0.4) is 0 Å². The third-order valence-corrected chi connectivity index (χ3v) is 6.91. The lowest BCUT2D eigenvalue weighted by atomic mass is 9.79. The molecule has 0 aliphatic carbocycles. The Morgan fingerprint density at radius 3 is 2.41 bits per heavy atom. The van der Waals surface area contributed by atoms with Gasteiger partial charge in [0.1, 0.15) is 0 Å². The molecule has 32 heavy (non-hydrogen) atoms. The fourth-order valence-corrected chi connectivity index (χ4v) is 4.91. The number of hydrogen-bond acceptors (Lipinski definition) is 3. The third-order valence-electron chi connectivity index (χ3n) is 6.91. The van der Waals surface area contributed by atoms with Crippen molar-refractivity contribution in [3.63, 3.8) is 0 Å². The molecule has 1 aromatic heterocycles. The van der Waals surface area contributed by atoms with E-state index in [9.17, 15) is 9.59 Å². The van der Waals surface area contributed by atoms with Crippen molar-refractivity contribution in [3.8, 4) is 0 Å². The maximum absolute atomic E-state index is 12.8. The fourth-order valence-electron chi connectivity index (χ4n) is 4.91. The number of piperidine rings is 1. The highest BCUT2D eigenvalue weighted by Crippen LogP contribution is 2.37. The van der Waals surface area contributed by atoms with Gasteiger partial charge < -0.3 is 14.8 Å². The second kappa shape index (κ2) is 9.17. The zero-order chi connectivity index (χ0) is 22.7. The Kier molecular flexibility index (Phi) is 6.33. The first kappa shape index (κ1) is 22.1. The minimum atomic E-state index is -0.135. The van der Waals surface area contributed by atoms with E-state index in [0.717, 1.165) is 36.8 Å². The van der Waals surface area contributed by atoms with Gasteiger partial charge in [0.05, 0.1) is 0 Å². The maximum Gasteiger partial charge on any atom is 0.251 e. The van der Waals surface area contributed by atoms with Gasteiger partial charge in [-0.2, -0.15) is 0 Å². The molecule has 0 spiro atoms. The Hall–Kier alpha value is -3.12. The minimum absolute atomic E-state index is 0.0411. The quantitative estimate of drug-likeness (QED) is 0.650. The summed E-state index contributed by atoms with van der Waals surface area (Å²) < 4.78 is 2.00. The monoisotopic (exact) mass is 432 g/mol. The van der Waals surface area contributed by atoms with E-state index in [4.69, 9.17) is 0 Å². The summed E-state index contributed by atoms with van der Waals surface area (Å²) in [6, 6.07) is 18.2. The molecule has 1 saturated heterocycles. The van der Waals surface area contributed by atoms with Crippen LogP contribution in [0.2, 0.25) is 0 Å². The molecule has 0 saturated carbocycles. The van der Waals surface area contributed by atoms with Gasteiger partial charge in [-0.1, -0.05) is 36.4 Å². The highest BCUT2D eigenvalue weighted by molar-refractivity contribution is 6.06. The fraction of sp³-hybridized carbons (Fsp3) is 0.385. The lowest BCUT2D eigenvalue weighted by molar-refractivity contribution is -0.133. The lowest BCUT2D eigenvalue weighted by Gasteiger charge is -2.46. The van der Waals surface area contributed by atoms with Crippen molar-refractivity contribution in [2.75, 3.05) is 33.7 Å². The molecule has 1 N–H and O–H groups in total. The van der Waals surface area contributed by atoms with E-state index < -0.39 is 0 Å². The number of likely N-dealkylation sites (tertiary alicyclic amines) is 1. The van der Waals surface area contributed by atoms with Crippen LogP contribution in [-0.2, 0) is 17.4 Å². The van der Waals surface area contributed by atoms with Crippen LogP contribution in [0, 0.1) is 0 Å². The first-order valence-electron chi connectivity index (χ1n) is 11.3. The Morgan fingerprint density at radius 2 is 1.72 bits per heavy atom. The number of rotatable bonds is 6. The SMILES string of the molecule is CN(C)C1(c2ccccc2)CCN(C(=O)CCNC(=O)c2cccc3c2ccn3C)CC1. The second-order valence-electron chi connectivity index (χ2n) is 8.84. The van der Waals surface area contributed by atoms with Gasteiger partial charge in [-0.3, -0.25) is 14.5 Å². The van der Waals surface area contributed by atoms with Gasteiger partial charge in [0.15, 0.2) is 0 Å². The normalized spacial score (nSPS) is 15.8. The first-order valence-corrected chi connectivity index (χ1v) is 11.3. The molecule has 0 radical (unpaired) electrons. The Balaban J connectivity index is 1.32. The Bertz CT molecular complexity index is 1100. The smallest absolute Gasteiger partial charge is 0.251 e. The third kappa shape index (κ3) is 4.15. The number of nitrogens with zero attached hydrogens (tertiary/aromatic N) is 3. The van der Waals surface area contributed by atoms with E-state index in [2.05, 4.69) is 48.6 Å². The van der Waals surface area contributed by atoms with Crippen molar-refractivity contribution >= 4 is 22.7 Å². The summed E-state index contributed by atoms with van der Waals surface area (Å²) in [5.41, 5.74) is 2.93. The number of aryl methyl sites for hydroxylation is 1. The van der Waals surface area contributed by atoms with E-state index in [1.54, 1.807) is 0 Å². The largest absolute Gasteiger partial charge is 0.352 e. The number of fused-ring (bicyclic) bond motifs is 1.